The fourth-order valence-electron chi connectivity index (χ4n) is 3.06. The van der Waals surface area contributed by atoms with Gasteiger partial charge in [0.25, 0.3) is 0 Å². The van der Waals surface area contributed by atoms with Crippen LogP contribution in [0, 0.1) is 11.3 Å². The van der Waals surface area contributed by atoms with E-state index in [1.807, 2.05) is 0 Å². The zero-order valence-corrected chi connectivity index (χ0v) is 11.9. The third-order valence-corrected chi connectivity index (χ3v) is 4.17. The van der Waals surface area contributed by atoms with Gasteiger partial charge in [-0.25, -0.2) is 0 Å². The number of aliphatic hydroxyl groups is 1. The molecule has 2 aliphatic rings. The lowest BCUT2D eigenvalue weighted by molar-refractivity contribution is -0.0293. The molecule has 2 rings (SSSR count). The largest absolute Gasteiger partial charge is 0.392 e. The van der Waals surface area contributed by atoms with Crippen LogP contribution in [0.2, 0.25) is 0 Å². The summed E-state index contributed by atoms with van der Waals surface area (Å²) in [4.78, 5) is 2.55. The molecule has 0 spiro atoms. The van der Waals surface area contributed by atoms with Crippen molar-refractivity contribution in [3.8, 4) is 0 Å². The first-order valence-corrected chi connectivity index (χ1v) is 6.69. The number of halogens is 1. The summed E-state index contributed by atoms with van der Waals surface area (Å²) in [6.07, 6.45) is 3.51. The van der Waals surface area contributed by atoms with E-state index < -0.39 is 0 Å². The van der Waals surface area contributed by atoms with Crippen LogP contribution in [0.15, 0.2) is 0 Å². The van der Waals surface area contributed by atoms with E-state index in [9.17, 15) is 5.11 Å². The summed E-state index contributed by atoms with van der Waals surface area (Å²) in [5.41, 5.74) is 0.0698. The summed E-state index contributed by atoms with van der Waals surface area (Å²) in [5.74, 6) is 0.819. The molecular formula is C13H27ClN2O. The normalized spacial score (nSPS) is 34.1. The molecule has 0 aliphatic carbocycles. The first-order chi connectivity index (χ1) is 7.58. The van der Waals surface area contributed by atoms with Gasteiger partial charge in [0.15, 0.2) is 0 Å². The Bertz CT molecular complexity index is 229. The number of likely N-dealkylation sites (tertiary alicyclic amines) is 1. The summed E-state index contributed by atoms with van der Waals surface area (Å²) in [6.45, 7) is 10.1. The summed E-state index contributed by atoms with van der Waals surface area (Å²) in [7, 11) is 0. The van der Waals surface area contributed by atoms with E-state index in [2.05, 4.69) is 24.1 Å². The van der Waals surface area contributed by atoms with E-state index in [0.29, 0.717) is 0 Å². The Morgan fingerprint density at radius 1 is 1.35 bits per heavy atom. The molecule has 0 bridgehead atoms. The molecule has 2 atom stereocenters. The van der Waals surface area contributed by atoms with Crippen LogP contribution in [-0.4, -0.2) is 48.8 Å². The maximum Gasteiger partial charge on any atom is 0.0615 e. The second-order valence-electron chi connectivity index (χ2n) is 6.24. The fraction of sp³-hybridized carbons (Fsp3) is 1.00. The Morgan fingerprint density at radius 3 is 2.71 bits per heavy atom. The molecule has 4 heteroatoms. The van der Waals surface area contributed by atoms with Crippen LogP contribution in [0.4, 0.5) is 0 Å². The van der Waals surface area contributed by atoms with Crippen LogP contribution < -0.4 is 5.32 Å². The van der Waals surface area contributed by atoms with E-state index in [-0.39, 0.29) is 23.9 Å². The maximum atomic E-state index is 9.92. The highest BCUT2D eigenvalue weighted by Crippen LogP contribution is 2.29. The molecule has 0 amide bonds. The van der Waals surface area contributed by atoms with Crippen molar-refractivity contribution in [1.29, 1.82) is 0 Å². The molecule has 0 aromatic rings. The van der Waals surface area contributed by atoms with Crippen molar-refractivity contribution in [2.75, 3.05) is 32.7 Å². The number of nitrogens with zero attached hydrogens (tertiary/aromatic N) is 1. The van der Waals surface area contributed by atoms with Crippen molar-refractivity contribution >= 4 is 12.4 Å². The number of nitrogens with one attached hydrogen (secondary N) is 1. The molecule has 2 unspecified atom stereocenters. The highest BCUT2D eigenvalue weighted by atomic mass is 35.5. The van der Waals surface area contributed by atoms with Crippen LogP contribution in [0.25, 0.3) is 0 Å². The molecular weight excluding hydrogens is 236 g/mol. The molecule has 0 aromatic heterocycles. The summed E-state index contributed by atoms with van der Waals surface area (Å²) in [5, 5.41) is 13.4. The van der Waals surface area contributed by atoms with Gasteiger partial charge in [-0.1, -0.05) is 13.8 Å². The Morgan fingerprint density at radius 2 is 2.12 bits per heavy atom. The molecule has 2 N–H and O–H groups in total. The molecule has 17 heavy (non-hydrogen) atoms. The molecule has 2 heterocycles. The lowest BCUT2D eigenvalue weighted by Crippen LogP contribution is -2.50. The highest BCUT2D eigenvalue weighted by molar-refractivity contribution is 5.85. The van der Waals surface area contributed by atoms with Gasteiger partial charge in [0.05, 0.1) is 6.10 Å². The van der Waals surface area contributed by atoms with Crippen molar-refractivity contribution < 1.29 is 5.11 Å². The molecule has 0 aromatic carbocycles. The fourth-order valence-corrected chi connectivity index (χ4v) is 3.06. The molecule has 2 saturated heterocycles. The second kappa shape index (κ2) is 6.37. The van der Waals surface area contributed by atoms with Crippen LogP contribution >= 0.6 is 12.4 Å². The first-order valence-electron chi connectivity index (χ1n) is 6.69. The predicted octanol–water partition coefficient (Wildman–Crippen LogP) is 1.50. The van der Waals surface area contributed by atoms with Gasteiger partial charge in [-0.15, -0.1) is 12.4 Å². The molecule has 2 fully saturated rings. The lowest BCUT2D eigenvalue weighted by Gasteiger charge is -2.43. The first kappa shape index (κ1) is 15.2. The summed E-state index contributed by atoms with van der Waals surface area (Å²) >= 11 is 0. The number of rotatable bonds is 2. The summed E-state index contributed by atoms with van der Waals surface area (Å²) < 4.78 is 0. The standard InChI is InChI=1S/C13H26N2O.ClH/c1-13(2)10-15(7-5-12(13)16)9-11-4-3-6-14-8-11;/h11-12,14,16H,3-10H2,1-2H3;1H. The van der Waals surface area contributed by atoms with E-state index in [1.165, 1.54) is 32.5 Å². The SMILES string of the molecule is CC1(C)CN(CC2CCCNC2)CCC1O.Cl. The minimum absolute atomic E-state index is 0. The summed E-state index contributed by atoms with van der Waals surface area (Å²) in [6, 6.07) is 0. The van der Waals surface area contributed by atoms with Gasteiger partial charge in [-0.3, -0.25) is 0 Å². The third kappa shape index (κ3) is 4.09. The lowest BCUT2D eigenvalue weighted by atomic mass is 9.81. The van der Waals surface area contributed by atoms with Gasteiger partial charge in [-0.2, -0.15) is 0 Å². The molecule has 0 saturated carbocycles. The van der Waals surface area contributed by atoms with Gasteiger partial charge < -0.3 is 15.3 Å². The van der Waals surface area contributed by atoms with Crippen LogP contribution in [0.5, 0.6) is 0 Å². The van der Waals surface area contributed by atoms with Crippen molar-refractivity contribution in [2.45, 2.75) is 39.2 Å². The van der Waals surface area contributed by atoms with E-state index >= 15 is 0 Å². The van der Waals surface area contributed by atoms with Crippen LogP contribution in [-0.2, 0) is 0 Å². The van der Waals surface area contributed by atoms with Gasteiger partial charge in [0.1, 0.15) is 0 Å². The quantitative estimate of drug-likeness (QED) is 0.792. The second-order valence-corrected chi connectivity index (χ2v) is 6.24. The minimum atomic E-state index is -0.117. The predicted molar refractivity (Wildman–Crippen MR) is 73.7 cm³/mol. The van der Waals surface area contributed by atoms with Gasteiger partial charge in [0.2, 0.25) is 0 Å². The highest BCUT2D eigenvalue weighted by Gasteiger charge is 2.35. The smallest absolute Gasteiger partial charge is 0.0615 e. The third-order valence-electron chi connectivity index (χ3n) is 4.17. The van der Waals surface area contributed by atoms with Crippen LogP contribution in [0.3, 0.4) is 0 Å². The Balaban J connectivity index is 0.00000144. The minimum Gasteiger partial charge on any atom is -0.392 e. The Labute approximate surface area is 111 Å². The van der Waals surface area contributed by atoms with E-state index in [4.69, 9.17) is 0 Å². The number of piperidine rings is 2. The topological polar surface area (TPSA) is 35.5 Å². The van der Waals surface area contributed by atoms with Crippen molar-refractivity contribution in [3.63, 3.8) is 0 Å². The molecule has 102 valence electrons. The zero-order chi connectivity index (χ0) is 11.6. The molecule has 0 radical (unpaired) electrons. The van der Waals surface area contributed by atoms with Crippen molar-refractivity contribution in [1.82, 2.24) is 10.2 Å². The monoisotopic (exact) mass is 262 g/mol. The maximum absolute atomic E-state index is 9.92. The number of aliphatic hydroxyl groups excluding tert-OH is 1. The van der Waals surface area contributed by atoms with Crippen molar-refractivity contribution in [2.24, 2.45) is 11.3 Å². The molecule has 3 nitrogen and oxygen atoms in total. The van der Waals surface area contributed by atoms with E-state index in [0.717, 1.165) is 25.4 Å². The number of hydrogen-bond acceptors (Lipinski definition) is 3. The molecule has 2 aliphatic heterocycles. The van der Waals surface area contributed by atoms with Crippen molar-refractivity contribution in [3.05, 3.63) is 0 Å². The Hall–Kier alpha value is 0.170. The Kier molecular flexibility index (Phi) is 5.71. The average molecular weight is 263 g/mol. The van der Waals surface area contributed by atoms with Gasteiger partial charge in [-0.05, 0) is 38.3 Å². The number of hydrogen-bond donors (Lipinski definition) is 2. The van der Waals surface area contributed by atoms with E-state index in [1.54, 1.807) is 0 Å². The average Bonchev–Trinajstić information content (AvgIpc) is 2.25. The zero-order valence-electron chi connectivity index (χ0n) is 11.1. The van der Waals surface area contributed by atoms with Gasteiger partial charge >= 0.3 is 0 Å². The van der Waals surface area contributed by atoms with Crippen LogP contribution in [0.1, 0.15) is 33.1 Å². The van der Waals surface area contributed by atoms with Gasteiger partial charge in [0, 0.05) is 25.0 Å².